The van der Waals surface area contributed by atoms with Crippen LogP contribution in [0.15, 0.2) is 48.8 Å². The summed E-state index contributed by atoms with van der Waals surface area (Å²) in [4.78, 5) is 4.00. The van der Waals surface area contributed by atoms with Crippen LogP contribution in [-0.4, -0.2) is 28.0 Å². The summed E-state index contributed by atoms with van der Waals surface area (Å²) in [5.41, 5.74) is -1.49. The first-order valence-corrected chi connectivity index (χ1v) is 9.28. The minimum absolute atomic E-state index is 0.0646. The van der Waals surface area contributed by atoms with E-state index in [0.29, 0.717) is 17.0 Å². The number of hydrogen-bond donors (Lipinski definition) is 1. The van der Waals surface area contributed by atoms with Crippen LogP contribution in [0.25, 0.3) is 17.0 Å². The van der Waals surface area contributed by atoms with Gasteiger partial charge in [-0.25, -0.2) is 4.98 Å². The van der Waals surface area contributed by atoms with Crippen LogP contribution in [0.5, 0.6) is 0 Å². The number of nitriles is 1. The van der Waals surface area contributed by atoms with Crippen LogP contribution in [0.2, 0.25) is 10.0 Å². The zero-order valence-corrected chi connectivity index (χ0v) is 16.5. The Labute approximate surface area is 178 Å². The van der Waals surface area contributed by atoms with Gasteiger partial charge in [-0.3, -0.25) is 5.10 Å². The first-order valence-electron chi connectivity index (χ1n) is 8.53. The molecule has 0 amide bonds. The molecular formula is C20H11Cl2F3N4O. The number of nitrogens with zero attached hydrogens (tertiary/aromatic N) is 3. The van der Waals surface area contributed by atoms with E-state index in [4.69, 9.17) is 27.9 Å². The van der Waals surface area contributed by atoms with Crippen LogP contribution in [0, 0.1) is 11.3 Å². The molecule has 1 unspecified atom stereocenters. The Balaban J connectivity index is 1.82. The van der Waals surface area contributed by atoms with Gasteiger partial charge < -0.3 is 4.74 Å². The van der Waals surface area contributed by atoms with E-state index >= 15 is 0 Å². The number of rotatable bonds is 3. The Morgan fingerprint density at radius 3 is 2.47 bits per heavy atom. The Hall–Kier alpha value is -2.86. The molecule has 0 spiro atoms. The highest BCUT2D eigenvalue weighted by Gasteiger charge is 2.58. The molecule has 1 aliphatic rings. The van der Waals surface area contributed by atoms with Crippen molar-refractivity contribution in [2.24, 2.45) is 0 Å². The van der Waals surface area contributed by atoms with E-state index < -0.39 is 11.8 Å². The number of halogens is 5. The van der Waals surface area contributed by atoms with E-state index in [0.717, 1.165) is 6.08 Å². The Bertz CT molecular complexity index is 1170. The average molecular weight is 451 g/mol. The zero-order valence-electron chi connectivity index (χ0n) is 15.0. The lowest BCUT2D eigenvalue weighted by Crippen LogP contribution is -2.41. The van der Waals surface area contributed by atoms with Gasteiger partial charge in [0.05, 0.1) is 18.2 Å². The van der Waals surface area contributed by atoms with Gasteiger partial charge in [-0.1, -0.05) is 29.3 Å². The fraction of sp³-hybridized carbons (Fsp3) is 0.150. The SMILES string of the molecule is N#Cc1cc(C2=CC(c3cc(Cl)cc(Cl)c3)(C(F)(F)F)OC2)ccc1-c1ncn[nH]1. The van der Waals surface area contributed by atoms with Crippen molar-refractivity contribution in [1.29, 1.82) is 5.26 Å². The van der Waals surface area contributed by atoms with Crippen LogP contribution in [0.1, 0.15) is 16.7 Å². The summed E-state index contributed by atoms with van der Waals surface area (Å²) < 4.78 is 47.7. The smallest absolute Gasteiger partial charge is 0.352 e. The molecule has 0 fully saturated rings. The molecule has 1 N–H and O–H groups in total. The van der Waals surface area contributed by atoms with E-state index in [2.05, 4.69) is 15.2 Å². The van der Waals surface area contributed by atoms with Crippen LogP contribution < -0.4 is 0 Å². The molecule has 0 radical (unpaired) electrons. The fourth-order valence-electron chi connectivity index (χ4n) is 3.33. The summed E-state index contributed by atoms with van der Waals surface area (Å²) in [6, 6.07) is 10.4. The predicted molar refractivity (Wildman–Crippen MR) is 105 cm³/mol. The van der Waals surface area contributed by atoms with Gasteiger partial charge in [-0.05, 0) is 53.1 Å². The second-order valence-corrected chi connectivity index (χ2v) is 7.43. The van der Waals surface area contributed by atoms with Crippen molar-refractivity contribution in [3.8, 4) is 17.5 Å². The van der Waals surface area contributed by atoms with Crippen LogP contribution >= 0.6 is 23.2 Å². The highest BCUT2D eigenvalue weighted by atomic mass is 35.5. The second-order valence-electron chi connectivity index (χ2n) is 6.56. The Morgan fingerprint density at radius 2 is 1.87 bits per heavy atom. The number of nitrogens with one attached hydrogen (secondary N) is 1. The molecule has 30 heavy (non-hydrogen) atoms. The number of aromatic nitrogens is 3. The van der Waals surface area contributed by atoms with Gasteiger partial charge in [0.15, 0.2) is 5.82 Å². The van der Waals surface area contributed by atoms with Gasteiger partial charge in [0.2, 0.25) is 5.60 Å². The molecule has 1 aliphatic heterocycles. The maximum Gasteiger partial charge on any atom is 0.425 e. The Kier molecular flexibility index (Phi) is 5.06. The van der Waals surface area contributed by atoms with E-state index in [1.807, 2.05) is 6.07 Å². The van der Waals surface area contributed by atoms with Gasteiger partial charge in [0.25, 0.3) is 0 Å². The number of aromatic amines is 1. The number of H-pyrrole nitrogens is 1. The fourth-order valence-corrected chi connectivity index (χ4v) is 3.85. The molecule has 10 heteroatoms. The molecule has 4 rings (SSSR count). The predicted octanol–water partition coefficient (Wildman–Crippen LogP) is 5.52. The molecule has 1 atom stereocenters. The normalized spacial score (nSPS) is 18.9. The Morgan fingerprint density at radius 1 is 1.13 bits per heavy atom. The van der Waals surface area contributed by atoms with Crippen molar-refractivity contribution < 1.29 is 17.9 Å². The quantitative estimate of drug-likeness (QED) is 0.569. The first kappa shape index (κ1) is 20.4. The lowest BCUT2D eigenvalue weighted by Gasteiger charge is -2.30. The molecule has 152 valence electrons. The number of ether oxygens (including phenoxy) is 1. The van der Waals surface area contributed by atoms with Gasteiger partial charge in [-0.15, -0.1) is 0 Å². The summed E-state index contributed by atoms with van der Waals surface area (Å²) in [6.45, 7) is -0.309. The monoisotopic (exact) mass is 450 g/mol. The zero-order chi connectivity index (χ0) is 21.5. The standard InChI is InChI=1S/C20H11Cl2F3N4O/c21-15-4-14(5-16(22)6-15)19(20(23,24)25)7-13(9-30-19)11-1-2-17(12(3-11)8-26)18-27-10-28-29-18/h1-7,10H,9H2,(H,27,28,29). The maximum atomic E-state index is 14.1. The van der Waals surface area contributed by atoms with Crippen molar-refractivity contribution in [2.45, 2.75) is 11.8 Å². The lowest BCUT2D eigenvalue weighted by atomic mass is 9.90. The number of hydrogen-bond acceptors (Lipinski definition) is 4. The molecular weight excluding hydrogens is 440 g/mol. The van der Waals surface area contributed by atoms with Gasteiger partial charge in [-0.2, -0.15) is 23.5 Å². The van der Waals surface area contributed by atoms with Gasteiger partial charge in [0.1, 0.15) is 6.33 Å². The van der Waals surface area contributed by atoms with E-state index in [1.54, 1.807) is 12.1 Å². The molecule has 1 aromatic heterocycles. The first-order chi connectivity index (χ1) is 14.2. The third-order valence-electron chi connectivity index (χ3n) is 4.73. The third-order valence-corrected chi connectivity index (χ3v) is 5.16. The van der Waals surface area contributed by atoms with Crippen molar-refractivity contribution in [1.82, 2.24) is 15.2 Å². The molecule has 5 nitrogen and oxygen atoms in total. The van der Waals surface area contributed by atoms with E-state index in [1.165, 1.54) is 30.6 Å². The van der Waals surface area contributed by atoms with Crippen molar-refractivity contribution in [3.63, 3.8) is 0 Å². The van der Waals surface area contributed by atoms with Crippen LogP contribution in [0.4, 0.5) is 13.2 Å². The number of benzene rings is 2. The molecule has 3 aromatic rings. The largest absolute Gasteiger partial charge is 0.425 e. The lowest BCUT2D eigenvalue weighted by molar-refractivity contribution is -0.254. The summed E-state index contributed by atoms with van der Waals surface area (Å²) in [5.74, 6) is 0.382. The summed E-state index contributed by atoms with van der Waals surface area (Å²) >= 11 is 11.8. The van der Waals surface area contributed by atoms with Gasteiger partial charge in [0, 0.05) is 15.6 Å². The molecule has 0 bridgehead atoms. The average Bonchev–Trinajstić information content (AvgIpc) is 3.37. The van der Waals surface area contributed by atoms with Gasteiger partial charge >= 0.3 is 6.18 Å². The molecule has 0 aliphatic carbocycles. The molecule has 2 aromatic carbocycles. The topological polar surface area (TPSA) is 74.6 Å². The molecule has 2 heterocycles. The third kappa shape index (κ3) is 3.45. The maximum absolute atomic E-state index is 14.1. The minimum Gasteiger partial charge on any atom is -0.352 e. The highest BCUT2D eigenvalue weighted by molar-refractivity contribution is 6.34. The minimum atomic E-state index is -4.76. The highest BCUT2D eigenvalue weighted by Crippen LogP contribution is 2.49. The van der Waals surface area contributed by atoms with E-state index in [9.17, 15) is 18.4 Å². The van der Waals surface area contributed by atoms with E-state index in [-0.39, 0.29) is 33.4 Å². The summed E-state index contributed by atoms with van der Waals surface area (Å²) in [5, 5.41) is 16.0. The summed E-state index contributed by atoms with van der Waals surface area (Å²) in [6.07, 6.45) is -2.47. The molecule has 0 saturated heterocycles. The molecule has 0 saturated carbocycles. The van der Waals surface area contributed by atoms with Crippen molar-refractivity contribution in [3.05, 3.63) is 75.5 Å². The van der Waals surface area contributed by atoms with Crippen LogP contribution in [0.3, 0.4) is 0 Å². The van der Waals surface area contributed by atoms with Crippen molar-refractivity contribution >= 4 is 28.8 Å². The summed E-state index contributed by atoms with van der Waals surface area (Å²) in [7, 11) is 0. The van der Waals surface area contributed by atoms with Crippen molar-refractivity contribution in [2.75, 3.05) is 6.61 Å². The second kappa shape index (κ2) is 7.43. The number of alkyl halides is 3. The van der Waals surface area contributed by atoms with Crippen LogP contribution in [-0.2, 0) is 10.3 Å².